The van der Waals surface area contributed by atoms with Crippen molar-refractivity contribution >= 4 is 28.5 Å². The first-order valence-corrected chi connectivity index (χ1v) is 10.3. The highest BCUT2D eigenvalue weighted by atomic mass is 19.4. The maximum Gasteiger partial charge on any atom is 0.573 e. The molecule has 4 rings (SSSR count). The van der Waals surface area contributed by atoms with Crippen LogP contribution >= 0.6 is 0 Å². The molecule has 12 heteroatoms. The van der Waals surface area contributed by atoms with Crippen LogP contribution in [0.3, 0.4) is 0 Å². The lowest BCUT2D eigenvalue weighted by molar-refractivity contribution is -0.274. The van der Waals surface area contributed by atoms with Gasteiger partial charge in [0, 0.05) is 19.8 Å². The molecule has 1 aromatic carbocycles. The number of hydrogen-bond donors (Lipinski definition) is 1. The van der Waals surface area contributed by atoms with Crippen molar-refractivity contribution in [2.24, 2.45) is 7.05 Å². The van der Waals surface area contributed by atoms with Crippen molar-refractivity contribution in [3.8, 4) is 17.2 Å². The standard InChI is InChI=1S/C23H20F3N5O4/c1-13-20-16(11-17(18-5-4-10-34-18)28-21(20)31(3)29-13)22(33)30(2)12-19(32)27-14-6-8-15(9-7-14)35-23(24,25)26/h4-11H,12H2,1-3H3,(H,27,32). The highest BCUT2D eigenvalue weighted by Crippen LogP contribution is 2.28. The smallest absolute Gasteiger partial charge is 0.463 e. The zero-order chi connectivity index (χ0) is 25.3. The number of hydrogen-bond acceptors (Lipinski definition) is 6. The highest BCUT2D eigenvalue weighted by molar-refractivity contribution is 6.08. The second-order valence-corrected chi connectivity index (χ2v) is 7.72. The van der Waals surface area contributed by atoms with Crippen LogP contribution in [0, 0.1) is 6.92 Å². The number of alkyl halides is 3. The quantitative estimate of drug-likeness (QED) is 0.439. The molecule has 1 N–H and O–H groups in total. The minimum atomic E-state index is -4.81. The summed E-state index contributed by atoms with van der Waals surface area (Å²) in [6.07, 6.45) is -3.31. The molecule has 0 aliphatic rings. The fourth-order valence-corrected chi connectivity index (χ4v) is 3.60. The van der Waals surface area contributed by atoms with Crippen molar-refractivity contribution in [3.05, 3.63) is 60.0 Å². The number of halogens is 3. The van der Waals surface area contributed by atoms with E-state index in [4.69, 9.17) is 4.42 Å². The molecule has 0 bridgehead atoms. The molecule has 3 heterocycles. The number of nitrogens with zero attached hydrogens (tertiary/aromatic N) is 4. The number of fused-ring (bicyclic) bond motifs is 1. The SMILES string of the molecule is Cc1nn(C)c2nc(-c3ccco3)cc(C(=O)N(C)CC(=O)Nc3ccc(OC(F)(F)F)cc3)c12. The minimum absolute atomic E-state index is 0.250. The number of nitrogens with one attached hydrogen (secondary N) is 1. The molecule has 0 fully saturated rings. The number of furan rings is 1. The zero-order valence-corrected chi connectivity index (χ0v) is 18.9. The van der Waals surface area contributed by atoms with Gasteiger partial charge in [0.2, 0.25) is 5.91 Å². The summed E-state index contributed by atoms with van der Waals surface area (Å²) in [5.41, 5.74) is 2.07. The Morgan fingerprint density at radius 1 is 1.20 bits per heavy atom. The number of aromatic nitrogens is 3. The number of carbonyl (C=O) groups excluding carboxylic acids is 2. The van der Waals surface area contributed by atoms with Crippen molar-refractivity contribution in [3.63, 3.8) is 0 Å². The average Bonchev–Trinajstić information content (AvgIpc) is 3.41. The van der Waals surface area contributed by atoms with Crippen LogP contribution in [0.5, 0.6) is 5.75 Å². The monoisotopic (exact) mass is 487 g/mol. The molecule has 0 saturated heterocycles. The number of aryl methyl sites for hydroxylation is 2. The number of pyridine rings is 1. The number of carbonyl (C=O) groups is 2. The van der Waals surface area contributed by atoms with Crippen molar-refractivity contribution in [1.82, 2.24) is 19.7 Å². The molecule has 3 aromatic heterocycles. The summed E-state index contributed by atoms with van der Waals surface area (Å²) in [5.74, 6) is -0.919. The Morgan fingerprint density at radius 2 is 1.91 bits per heavy atom. The fourth-order valence-electron chi connectivity index (χ4n) is 3.60. The van der Waals surface area contributed by atoms with Gasteiger partial charge in [0.25, 0.3) is 5.91 Å². The molecular formula is C23H20F3N5O4. The Hall–Kier alpha value is -4.35. The van der Waals surface area contributed by atoms with Gasteiger partial charge in [-0.15, -0.1) is 13.2 Å². The van der Waals surface area contributed by atoms with Gasteiger partial charge in [-0.3, -0.25) is 14.3 Å². The Balaban J connectivity index is 1.52. The first kappa shape index (κ1) is 23.8. The van der Waals surface area contributed by atoms with Crippen LogP contribution in [-0.2, 0) is 11.8 Å². The summed E-state index contributed by atoms with van der Waals surface area (Å²) in [4.78, 5) is 31.6. The molecule has 9 nitrogen and oxygen atoms in total. The Bertz CT molecular complexity index is 1380. The van der Waals surface area contributed by atoms with E-state index in [1.165, 1.54) is 30.3 Å². The molecule has 0 unspecified atom stereocenters. The molecule has 0 aliphatic heterocycles. The van der Waals surface area contributed by atoms with E-state index in [1.54, 1.807) is 36.9 Å². The summed E-state index contributed by atoms with van der Waals surface area (Å²) >= 11 is 0. The lowest BCUT2D eigenvalue weighted by Crippen LogP contribution is -2.35. The van der Waals surface area contributed by atoms with Gasteiger partial charge in [-0.1, -0.05) is 0 Å². The fraction of sp³-hybridized carbons (Fsp3) is 0.217. The second kappa shape index (κ2) is 9.12. The largest absolute Gasteiger partial charge is 0.573 e. The predicted octanol–water partition coefficient (Wildman–Crippen LogP) is 4.15. The lowest BCUT2D eigenvalue weighted by Gasteiger charge is -2.18. The molecule has 0 atom stereocenters. The molecule has 0 spiro atoms. The summed E-state index contributed by atoms with van der Waals surface area (Å²) in [6.45, 7) is 1.45. The van der Waals surface area contributed by atoms with Gasteiger partial charge >= 0.3 is 6.36 Å². The van der Waals surface area contributed by atoms with Crippen molar-refractivity contribution in [2.75, 3.05) is 18.9 Å². The normalized spacial score (nSPS) is 11.5. The maximum atomic E-state index is 13.3. The topological polar surface area (TPSA) is 102 Å². The van der Waals surface area contributed by atoms with E-state index in [2.05, 4.69) is 20.1 Å². The van der Waals surface area contributed by atoms with E-state index < -0.39 is 23.9 Å². The van der Waals surface area contributed by atoms with Crippen LogP contribution in [0.4, 0.5) is 18.9 Å². The third-order valence-electron chi connectivity index (χ3n) is 5.07. The Kier molecular flexibility index (Phi) is 6.20. The molecule has 0 radical (unpaired) electrons. The van der Waals surface area contributed by atoms with Gasteiger partial charge in [-0.2, -0.15) is 5.10 Å². The molecule has 0 aliphatic carbocycles. The molecule has 4 aromatic rings. The van der Waals surface area contributed by atoms with Gasteiger partial charge in [0.1, 0.15) is 11.4 Å². The zero-order valence-electron chi connectivity index (χ0n) is 18.9. The molecule has 35 heavy (non-hydrogen) atoms. The van der Waals surface area contributed by atoms with Crippen LogP contribution < -0.4 is 10.1 Å². The molecule has 2 amide bonds. The van der Waals surface area contributed by atoms with Crippen LogP contribution in [0.1, 0.15) is 16.1 Å². The minimum Gasteiger partial charge on any atom is -0.463 e. The second-order valence-electron chi connectivity index (χ2n) is 7.72. The Morgan fingerprint density at radius 3 is 2.54 bits per heavy atom. The summed E-state index contributed by atoms with van der Waals surface area (Å²) in [7, 11) is 3.18. The van der Waals surface area contributed by atoms with E-state index in [0.29, 0.717) is 33.7 Å². The number of amides is 2. The van der Waals surface area contributed by atoms with E-state index in [9.17, 15) is 22.8 Å². The van der Waals surface area contributed by atoms with E-state index in [1.807, 2.05) is 0 Å². The van der Waals surface area contributed by atoms with Crippen molar-refractivity contribution in [2.45, 2.75) is 13.3 Å². The van der Waals surface area contributed by atoms with Crippen LogP contribution in [0.25, 0.3) is 22.5 Å². The number of rotatable bonds is 6. The number of anilines is 1. The van der Waals surface area contributed by atoms with Crippen molar-refractivity contribution < 1.29 is 31.9 Å². The third kappa shape index (κ3) is 5.26. The first-order chi connectivity index (χ1) is 16.5. The van der Waals surface area contributed by atoms with Crippen LogP contribution in [0.15, 0.2) is 53.1 Å². The number of benzene rings is 1. The predicted molar refractivity (Wildman–Crippen MR) is 120 cm³/mol. The lowest BCUT2D eigenvalue weighted by atomic mass is 10.1. The van der Waals surface area contributed by atoms with E-state index >= 15 is 0 Å². The van der Waals surface area contributed by atoms with Gasteiger partial charge in [-0.25, -0.2) is 4.98 Å². The third-order valence-corrected chi connectivity index (χ3v) is 5.07. The van der Waals surface area contributed by atoms with Gasteiger partial charge in [-0.05, 0) is 49.4 Å². The van der Waals surface area contributed by atoms with Crippen molar-refractivity contribution in [1.29, 1.82) is 0 Å². The number of ether oxygens (including phenoxy) is 1. The highest BCUT2D eigenvalue weighted by Gasteiger charge is 2.31. The average molecular weight is 487 g/mol. The van der Waals surface area contributed by atoms with E-state index in [0.717, 1.165) is 12.1 Å². The summed E-state index contributed by atoms with van der Waals surface area (Å²) in [5, 5.41) is 7.45. The Labute approximate surface area is 197 Å². The number of likely N-dealkylation sites (N-methyl/N-ethyl adjacent to an activating group) is 1. The molecule has 182 valence electrons. The van der Waals surface area contributed by atoms with Crippen LogP contribution in [0.2, 0.25) is 0 Å². The van der Waals surface area contributed by atoms with E-state index in [-0.39, 0.29) is 12.2 Å². The summed E-state index contributed by atoms with van der Waals surface area (Å²) < 4.78 is 47.7. The maximum absolute atomic E-state index is 13.3. The van der Waals surface area contributed by atoms with Gasteiger partial charge in [0.05, 0.1) is 29.5 Å². The van der Waals surface area contributed by atoms with Gasteiger partial charge in [0.15, 0.2) is 11.4 Å². The molecular weight excluding hydrogens is 467 g/mol. The summed E-state index contributed by atoms with van der Waals surface area (Å²) in [6, 6.07) is 9.69. The van der Waals surface area contributed by atoms with Crippen LogP contribution in [-0.4, -0.2) is 51.4 Å². The molecule has 0 saturated carbocycles. The first-order valence-electron chi connectivity index (χ1n) is 10.3. The van der Waals surface area contributed by atoms with Gasteiger partial charge < -0.3 is 19.4 Å².